The molecule has 7 nitrogen and oxygen atoms in total. The third kappa shape index (κ3) is 4.34. The molecule has 0 aromatic carbocycles. The Balaban J connectivity index is 2.50. The number of aromatic nitrogens is 2. The number of aryl methyl sites for hydroxylation is 1. The van der Waals surface area contributed by atoms with Gasteiger partial charge in [-0.1, -0.05) is 0 Å². The maximum absolute atomic E-state index is 11.4. The Morgan fingerprint density at radius 3 is 2.89 bits per heavy atom. The average molecular weight is 274 g/mol. The molecule has 1 aromatic rings. The fraction of sp³-hybridized carbons (Fsp3) is 0.500. The monoisotopic (exact) mass is 273 g/mol. The van der Waals surface area contributed by atoms with Crippen molar-refractivity contribution in [1.29, 1.82) is 0 Å². The van der Waals surface area contributed by atoms with E-state index in [4.69, 9.17) is 22.1 Å². The SMILES string of the molecule is COCCNC(=O)CNc1nc(Cl)nc(C)c1N. The molecule has 0 saturated heterocycles. The highest BCUT2D eigenvalue weighted by molar-refractivity contribution is 6.28. The van der Waals surface area contributed by atoms with Crippen LogP contribution in [-0.4, -0.2) is 42.7 Å². The number of nitrogen functional groups attached to an aromatic ring is 1. The fourth-order valence-corrected chi connectivity index (χ4v) is 1.41. The van der Waals surface area contributed by atoms with Crippen molar-refractivity contribution in [2.45, 2.75) is 6.92 Å². The summed E-state index contributed by atoms with van der Waals surface area (Å²) in [6.45, 7) is 2.69. The average Bonchev–Trinajstić information content (AvgIpc) is 2.32. The van der Waals surface area contributed by atoms with Crippen LogP contribution in [0, 0.1) is 6.92 Å². The van der Waals surface area contributed by atoms with Crippen molar-refractivity contribution < 1.29 is 9.53 Å². The van der Waals surface area contributed by atoms with Crippen LogP contribution in [0.4, 0.5) is 11.5 Å². The molecule has 0 bridgehead atoms. The van der Waals surface area contributed by atoms with E-state index in [9.17, 15) is 4.79 Å². The molecule has 1 heterocycles. The minimum absolute atomic E-state index is 0.0562. The van der Waals surface area contributed by atoms with Crippen LogP contribution in [0.25, 0.3) is 0 Å². The number of hydrogen-bond donors (Lipinski definition) is 3. The minimum Gasteiger partial charge on any atom is -0.394 e. The largest absolute Gasteiger partial charge is 0.394 e. The summed E-state index contributed by atoms with van der Waals surface area (Å²) >= 11 is 5.70. The first kappa shape index (κ1) is 14.5. The van der Waals surface area contributed by atoms with Crippen LogP contribution in [0.1, 0.15) is 5.69 Å². The highest BCUT2D eigenvalue weighted by Gasteiger charge is 2.08. The van der Waals surface area contributed by atoms with E-state index < -0.39 is 0 Å². The Morgan fingerprint density at radius 2 is 2.22 bits per heavy atom. The lowest BCUT2D eigenvalue weighted by Crippen LogP contribution is -2.32. The van der Waals surface area contributed by atoms with E-state index in [1.165, 1.54) is 0 Å². The highest BCUT2D eigenvalue weighted by Crippen LogP contribution is 2.19. The van der Waals surface area contributed by atoms with Crippen LogP contribution in [0.5, 0.6) is 0 Å². The van der Waals surface area contributed by atoms with Crippen LogP contribution >= 0.6 is 11.6 Å². The van der Waals surface area contributed by atoms with E-state index in [1.54, 1.807) is 14.0 Å². The topological polar surface area (TPSA) is 102 Å². The van der Waals surface area contributed by atoms with Gasteiger partial charge in [0.2, 0.25) is 11.2 Å². The first-order chi connectivity index (χ1) is 8.54. The normalized spacial score (nSPS) is 10.2. The molecule has 0 radical (unpaired) electrons. The predicted octanol–water partition coefficient (Wildman–Crippen LogP) is 0.195. The molecule has 1 amide bonds. The molecule has 0 aliphatic heterocycles. The molecular formula is C10H16ClN5O2. The molecule has 0 unspecified atom stereocenters. The molecule has 0 atom stereocenters. The minimum atomic E-state index is -0.182. The molecule has 100 valence electrons. The summed E-state index contributed by atoms with van der Waals surface area (Å²) in [6.07, 6.45) is 0. The second-order valence-electron chi connectivity index (χ2n) is 3.54. The van der Waals surface area contributed by atoms with Crippen molar-refractivity contribution in [3.05, 3.63) is 11.0 Å². The number of ether oxygens (including phenoxy) is 1. The fourth-order valence-electron chi connectivity index (χ4n) is 1.20. The maximum Gasteiger partial charge on any atom is 0.239 e. The highest BCUT2D eigenvalue weighted by atomic mass is 35.5. The summed E-state index contributed by atoms with van der Waals surface area (Å²) in [5.74, 6) is 0.174. The molecule has 0 aliphatic carbocycles. The smallest absolute Gasteiger partial charge is 0.239 e. The molecule has 18 heavy (non-hydrogen) atoms. The van der Waals surface area contributed by atoms with Crippen molar-refractivity contribution in [2.24, 2.45) is 0 Å². The molecule has 0 saturated carbocycles. The van der Waals surface area contributed by atoms with Gasteiger partial charge in [0.15, 0.2) is 5.82 Å². The number of anilines is 2. The number of methoxy groups -OCH3 is 1. The lowest BCUT2D eigenvalue weighted by Gasteiger charge is -2.10. The Hall–Kier alpha value is -1.60. The van der Waals surface area contributed by atoms with Gasteiger partial charge >= 0.3 is 0 Å². The van der Waals surface area contributed by atoms with Gasteiger partial charge in [-0.15, -0.1) is 0 Å². The quantitative estimate of drug-likeness (QED) is 0.505. The van der Waals surface area contributed by atoms with Crippen LogP contribution in [0.3, 0.4) is 0 Å². The standard InChI is InChI=1S/C10H16ClN5O2/c1-6-8(12)9(16-10(11)15-6)14-5-7(17)13-3-4-18-2/h3-5,12H2,1-2H3,(H,13,17)(H,14,15,16). The van der Waals surface area contributed by atoms with Gasteiger partial charge in [0.1, 0.15) is 0 Å². The van der Waals surface area contributed by atoms with Crippen molar-refractivity contribution in [2.75, 3.05) is 37.9 Å². The van der Waals surface area contributed by atoms with Gasteiger partial charge in [0.05, 0.1) is 24.5 Å². The van der Waals surface area contributed by atoms with Crippen LogP contribution in [-0.2, 0) is 9.53 Å². The third-order valence-electron chi connectivity index (χ3n) is 2.15. The third-order valence-corrected chi connectivity index (χ3v) is 2.32. The molecule has 0 aliphatic rings. The number of amides is 1. The summed E-state index contributed by atoms with van der Waals surface area (Å²) in [4.78, 5) is 19.2. The molecular weight excluding hydrogens is 258 g/mol. The van der Waals surface area contributed by atoms with Crippen molar-refractivity contribution >= 4 is 29.0 Å². The number of hydrogen-bond acceptors (Lipinski definition) is 6. The van der Waals surface area contributed by atoms with Crippen molar-refractivity contribution in [1.82, 2.24) is 15.3 Å². The second kappa shape index (κ2) is 6.97. The van der Waals surface area contributed by atoms with Gasteiger partial charge in [-0.25, -0.2) is 4.98 Å². The van der Waals surface area contributed by atoms with Gasteiger partial charge in [-0.05, 0) is 18.5 Å². The molecule has 1 rings (SSSR count). The second-order valence-corrected chi connectivity index (χ2v) is 3.87. The van der Waals surface area contributed by atoms with E-state index in [0.29, 0.717) is 30.4 Å². The Labute approximate surface area is 110 Å². The molecule has 4 N–H and O–H groups in total. The Kier molecular flexibility index (Phi) is 5.60. The molecule has 8 heteroatoms. The molecule has 0 spiro atoms. The van der Waals surface area contributed by atoms with Gasteiger partial charge in [-0.3, -0.25) is 4.79 Å². The number of carbonyl (C=O) groups is 1. The van der Waals surface area contributed by atoms with Gasteiger partial charge in [-0.2, -0.15) is 4.98 Å². The lowest BCUT2D eigenvalue weighted by atomic mass is 10.3. The van der Waals surface area contributed by atoms with Crippen LogP contribution in [0.15, 0.2) is 0 Å². The number of halogens is 1. The van der Waals surface area contributed by atoms with E-state index in [-0.39, 0.29) is 17.7 Å². The van der Waals surface area contributed by atoms with Gasteiger partial charge < -0.3 is 21.1 Å². The van der Waals surface area contributed by atoms with E-state index in [2.05, 4.69) is 20.6 Å². The first-order valence-electron chi connectivity index (χ1n) is 5.33. The van der Waals surface area contributed by atoms with Gasteiger partial charge in [0, 0.05) is 13.7 Å². The zero-order valence-electron chi connectivity index (χ0n) is 10.3. The maximum atomic E-state index is 11.4. The number of rotatable bonds is 6. The van der Waals surface area contributed by atoms with Crippen molar-refractivity contribution in [3.8, 4) is 0 Å². The predicted molar refractivity (Wildman–Crippen MR) is 69.6 cm³/mol. The van der Waals surface area contributed by atoms with E-state index >= 15 is 0 Å². The summed E-state index contributed by atoms with van der Waals surface area (Å²) in [7, 11) is 1.57. The summed E-state index contributed by atoms with van der Waals surface area (Å²) in [5, 5.41) is 5.55. The summed E-state index contributed by atoms with van der Waals surface area (Å²) in [5.41, 5.74) is 6.71. The van der Waals surface area contributed by atoms with Crippen molar-refractivity contribution in [3.63, 3.8) is 0 Å². The van der Waals surface area contributed by atoms with E-state index in [1.807, 2.05) is 0 Å². The molecule has 1 aromatic heterocycles. The van der Waals surface area contributed by atoms with Gasteiger partial charge in [0.25, 0.3) is 0 Å². The lowest BCUT2D eigenvalue weighted by molar-refractivity contribution is -0.119. The zero-order valence-corrected chi connectivity index (χ0v) is 11.0. The zero-order chi connectivity index (χ0) is 13.5. The number of carbonyl (C=O) groups excluding carboxylic acids is 1. The summed E-state index contributed by atoms with van der Waals surface area (Å²) < 4.78 is 4.81. The Bertz CT molecular complexity index is 427. The number of nitrogens with zero attached hydrogens (tertiary/aromatic N) is 2. The first-order valence-corrected chi connectivity index (χ1v) is 5.71. The number of nitrogens with one attached hydrogen (secondary N) is 2. The van der Waals surface area contributed by atoms with E-state index in [0.717, 1.165) is 0 Å². The number of nitrogens with two attached hydrogens (primary N) is 1. The van der Waals surface area contributed by atoms with Crippen LogP contribution < -0.4 is 16.4 Å². The van der Waals surface area contributed by atoms with Crippen LogP contribution in [0.2, 0.25) is 5.28 Å². The Morgan fingerprint density at radius 1 is 1.50 bits per heavy atom. The molecule has 0 fully saturated rings. The summed E-state index contributed by atoms with van der Waals surface area (Å²) in [6, 6.07) is 0.